The number of thiol groups is 1. The normalized spacial score (nSPS) is 31.8. The van der Waals surface area contributed by atoms with E-state index in [9.17, 15) is 4.79 Å². The smallest absolute Gasteiger partial charge is 0.224 e. The Labute approximate surface area is 60.4 Å². The highest BCUT2D eigenvalue weighted by Crippen LogP contribution is 2.37. The zero-order chi connectivity index (χ0) is 6.85. The molecule has 0 saturated heterocycles. The van der Waals surface area contributed by atoms with E-state index >= 15 is 0 Å². The predicted octanol–water partition coefficient (Wildman–Crippen LogP) is 0.646. The number of carbonyl (C=O) groups is 1. The highest BCUT2D eigenvalue weighted by molar-refractivity contribution is 7.80. The lowest BCUT2D eigenvalue weighted by molar-refractivity contribution is -0.122. The number of nitrogens with one attached hydrogen (secondary N) is 1. The van der Waals surface area contributed by atoms with Crippen LogP contribution in [0.4, 0.5) is 0 Å². The van der Waals surface area contributed by atoms with Gasteiger partial charge in [0.25, 0.3) is 0 Å². The van der Waals surface area contributed by atoms with Crippen LogP contribution in [0.3, 0.4) is 0 Å². The summed E-state index contributed by atoms with van der Waals surface area (Å²) in [6.45, 7) is 2.09. The molecule has 0 radical (unpaired) electrons. The summed E-state index contributed by atoms with van der Waals surface area (Å²) in [6, 6.07) is 0. The van der Waals surface area contributed by atoms with E-state index in [1.165, 1.54) is 0 Å². The fourth-order valence-electron chi connectivity index (χ4n) is 0.896. The molecule has 0 heterocycles. The van der Waals surface area contributed by atoms with Crippen LogP contribution in [0, 0.1) is 11.8 Å². The number of carbonyl (C=O) groups excluding carboxylic acids is 1. The van der Waals surface area contributed by atoms with E-state index in [0.717, 1.165) is 6.42 Å². The Bertz CT molecular complexity index is 126. The van der Waals surface area contributed by atoms with Gasteiger partial charge in [-0.2, -0.15) is 12.6 Å². The van der Waals surface area contributed by atoms with Crippen LogP contribution in [0.5, 0.6) is 0 Å². The van der Waals surface area contributed by atoms with Crippen LogP contribution in [0.15, 0.2) is 0 Å². The lowest BCUT2D eigenvalue weighted by atomic mass is 10.3. The Kier molecular flexibility index (Phi) is 2.01. The van der Waals surface area contributed by atoms with E-state index < -0.39 is 0 Å². The summed E-state index contributed by atoms with van der Waals surface area (Å²) < 4.78 is 0. The highest BCUT2D eigenvalue weighted by Gasteiger charge is 2.38. The van der Waals surface area contributed by atoms with Crippen LogP contribution < -0.4 is 5.32 Å². The van der Waals surface area contributed by atoms with Crippen LogP contribution >= 0.6 is 12.6 Å². The molecule has 9 heavy (non-hydrogen) atoms. The van der Waals surface area contributed by atoms with Gasteiger partial charge in [0.2, 0.25) is 5.91 Å². The van der Waals surface area contributed by atoms with Crippen molar-refractivity contribution in [1.29, 1.82) is 0 Å². The van der Waals surface area contributed by atoms with Gasteiger partial charge < -0.3 is 5.32 Å². The first-order valence-corrected chi connectivity index (χ1v) is 3.77. The molecule has 1 rings (SSSR count). The Morgan fingerprint density at radius 1 is 1.89 bits per heavy atom. The third-order valence-corrected chi connectivity index (χ3v) is 1.86. The monoisotopic (exact) mass is 145 g/mol. The molecule has 0 aromatic rings. The number of hydrogen-bond acceptors (Lipinski definition) is 2. The molecular weight excluding hydrogens is 134 g/mol. The molecule has 2 nitrogen and oxygen atoms in total. The first-order valence-electron chi connectivity index (χ1n) is 3.14. The number of hydrogen-bond donors (Lipinski definition) is 2. The SMILES string of the molecule is C[C@@H]1C[C@H]1C(=O)NCS. The Morgan fingerprint density at radius 3 is 2.78 bits per heavy atom. The maximum Gasteiger partial charge on any atom is 0.224 e. The van der Waals surface area contributed by atoms with Crippen molar-refractivity contribution in [2.24, 2.45) is 11.8 Å². The predicted molar refractivity (Wildman–Crippen MR) is 39.3 cm³/mol. The molecule has 0 aromatic carbocycles. The van der Waals surface area contributed by atoms with Crippen molar-refractivity contribution >= 4 is 18.5 Å². The Balaban J connectivity index is 2.20. The lowest BCUT2D eigenvalue weighted by Crippen LogP contribution is -2.23. The van der Waals surface area contributed by atoms with Gasteiger partial charge in [0, 0.05) is 5.92 Å². The largest absolute Gasteiger partial charge is 0.347 e. The summed E-state index contributed by atoms with van der Waals surface area (Å²) >= 11 is 3.88. The second-order valence-electron chi connectivity index (χ2n) is 2.52. The van der Waals surface area contributed by atoms with Crippen LogP contribution in [-0.2, 0) is 4.79 Å². The Morgan fingerprint density at radius 2 is 2.44 bits per heavy atom. The zero-order valence-corrected chi connectivity index (χ0v) is 6.32. The highest BCUT2D eigenvalue weighted by atomic mass is 32.1. The molecule has 0 bridgehead atoms. The molecule has 3 heteroatoms. The van der Waals surface area contributed by atoms with E-state index in [2.05, 4.69) is 24.9 Å². The second kappa shape index (κ2) is 2.60. The van der Waals surface area contributed by atoms with E-state index in [0.29, 0.717) is 11.8 Å². The average molecular weight is 145 g/mol. The van der Waals surface area contributed by atoms with E-state index in [4.69, 9.17) is 0 Å². The lowest BCUT2D eigenvalue weighted by Gasteiger charge is -1.96. The molecule has 1 aliphatic carbocycles. The van der Waals surface area contributed by atoms with Crippen LogP contribution in [0.25, 0.3) is 0 Å². The van der Waals surface area contributed by atoms with Crippen molar-refractivity contribution in [3.63, 3.8) is 0 Å². The molecule has 52 valence electrons. The topological polar surface area (TPSA) is 29.1 Å². The standard InChI is InChI=1S/C6H11NOS/c1-4-2-5(4)6(8)7-3-9/h4-5,9H,2-3H2,1H3,(H,7,8)/t4-,5-/m1/s1. The van der Waals surface area contributed by atoms with Crippen LogP contribution in [-0.4, -0.2) is 11.8 Å². The molecule has 1 fully saturated rings. The van der Waals surface area contributed by atoms with Gasteiger partial charge in [-0.1, -0.05) is 6.92 Å². The van der Waals surface area contributed by atoms with Crippen LogP contribution in [0.2, 0.25) is 0 Å². The van der Waals surface area contributed by atoms with Crippen molar-refractivity contribution < 1.29 is 4.79 Å². The van der Waals surface area contributed by atoms with Gasteiger partial charge >= 0.3 is 0 Å². The minimum Gasteiger partial charge on any atom is -0.347 e. The summed E-state index contributed by atoms with van der Waals surface area (Å²) in [5.41, 5.74) is 0. The van der Waals surface area contributed by atoms with Gasteiger partial charge in [-0.05, 0) is 12.3 Å². The molecule has 1 saturated carbocycles. The maximum atomic E-state index is 10.9. The third-order valence-electron chi connectivity index (χ3n) is 1.70. The molecule has 1 N–H and O–H groups in total. The summed E-state index contributed by atoms with van der Waals surface area (Å²) in [4.78, 5) is 10.9. The summed E-state index contributed by atoms with van der Waals surface area (Å²) in [5.74, 6) is 1.52. The number of amides is 1. The van der Waals surface area contributed by atoms with E-state index in [-0.39, 0.29) is 11.8 Å². The molecule has 0 unspecified atom stereocenters. The molecular formula is C6H11NOS. The van der Waals surface area contributed by atoms with Gasteiger partial charge in [-0.3, -0.25) is 4.79 Å². The van der Waals surface area contributed by atoms with Gasteiger partial charge in [0.1, 0.15) is 0 Å². The molecule has 2 atom stereocenters. The molecule has 1 amide bonds. The molecule has 1 aliphatic rings. The quantitative estimate of drug-likeness (QED) is 0.433. The Hall–Kier alpha value is -0.180. The minimum atomic E-state index is 0.164. The van der Waals surface area contributed by atoms with Gasteiger partial charge in [-0.25, -0.2) is 0 Å². The first kappa shape index (κ1) is 6.93. The maximum absolute atomic E-state index is 10.9. The van der Waals surface area contributed by atoms with Crippen molar-refractivity contribution in [1.82, 2.24) is 5.32 Å². The molecule has 0 aliphatic heterocycles. The average Bonchev–Trinajstić information content (AvgIpc) is 2.47. The fraction of sp³-hybridized carbons (Fsp3) is 0.833. The van der Waals surface area contributed by atoms with Crippen LogP contribution in [0.1, 0.15) is 13.3 Å². The van der Waals surface area contributed by atoms with Crippen molar-refractivity contribution in [3.8, 4) is 0 Å². The van der Waals surface area contributed by atoms with E-state index in [1.807, 2.05) is 0 Å². The van der Waals surface area contributed by atoms with Crippen molar-refractivity contribution in [2.75, 3.05) is 5.88 Å². The summed E-state index contributed by atoms with van der Waals surface area (Å²) in [7, 11) is 0. The van der Waals surface area contributed by atoms with Gasteiger partial charge in [0.05, 0.1) is 5.88 Å². The van der Waals surface area contributed by atoms with Crippen molar-refractivity contribution in [3.05, 3.63) is 0 Å². The first-order chi connectivity index (χ1) is 4.25. The summed E-state index contributed by atoms with van der Waals surface area (Å²) in [5, 5.41) is 2.66. The fourth-order valence-corrected chi connectivity index (χ4v) is 1.05. The number of rotatable bonds is 2. The third kappa shape index (κ3) is 1.61. The minimum absolute atomic E-state index is 0.164. The zero-order valence-electron chi connectivity index (χ0n) is 5.42. The second-order valence-corrected chi connectivity index (χ2v) is 2.83. The molecule has 0 spiro atoms. The van der Waals surface area contributed by atoms with Gasteiger partial charge in [0.15, 0.2) is 0 Å². The van der Waals surface area contributed by atoms with E-state index in [1.54, 1.807) is 0 Å². The molecule has 0 aromatic heterocycles. The van der Waals surface area contributed by atoms with Crippen molar-refractivity contribution in [2.45, 2.75) is 13.3 Å². The summed E-state index contributed by atoms with van der Waals surface area (Å²) in [6.07, 6.45) is 1.06. The van der Waals surface area contributed by atoms with Gasteiger partial charge in [-0.15, -0.1) is 0 Å².